The summed E-state index contributed by atoms with van der Waals surface area (Å²) in [7, 11) is 0. The zero-order valence-corrected chi connectivity index (χ0v) is 10.6. The van der Waals surface area contributed by atoms with Crippen LogP contribution < -0.4 is 0 Å². The quantitative estimate of drug-likeness (QED) is 0.867. The van der Waals surface area contributed by atoms with E-state index in [1.54, 1.807) is 0 Å². The molecule has 0 bridgehead atoms. The molecule has 1 saturated carbocycles. The Balaban J connectivity index is 1.90. The minimum atomic E-state index is -0.582. The summed E-state index contributed by atoms with van der Waals surface area (Å²) in [5.74, 6) is 0.609. The highest BCUT2D eigenvalue weighted by atomic mass is 16.5. The van der Waals surface area contributed by atoms with Crippen molar-refractivity contribution in [2.45, 2.75) is 44.1 Å². The van der Waals surface area contributed by atoms with Gasteiger partial charge in [-0.2, -0.15) is 0 Å². The van der Waals surface area contributed by atoms with E-state index in [2.05, 4.69) is 30.3 Å². The number of ether oxygens (including phenoxy) is 1. The molecule has 0 saturated heterocycles. The molecule has 1 fully saturated rings. The Bertz CT molecular complexity index is 326. The summed E-state index contributed by atoms with van der Waals surface area (Å²) >= 11 is 0. The van der Waals surface area contributed by atoms with Gasteiger partial charge in [-0.05, 0) is 44.1 Å². The van der Waals surface area contributed by atoms with Crippen LogP contribution in [-0.4, -0.2) is 23.9 Å². The zero-order chi connectivity index (χ0) is 12.1. The van der Waals surface area contributed by atoms with E-state index in [1.165, 1.54) is 5.56 Å². The molecule has 0 unspecified atom stereocenters. The molecule has 1 aliphatic carbocycles. The fourth-order valence-electron chi connectivity index (χ4n) is 2.65. The summed E-state index contributed by atoms with van der Waals surface area (Å²) < 4.78 is 5.37. The predicted molar refractivity (Wildman–Crippen MR) is 69.1 cm³/mol. The van der Waals surface area contributed by atoms with Crippen molar-refractivity contribution >= 4 is 0 Å². The molecule has 0 radical (unpaired) electrons. The molecule has 17 heavy (non-hydrogen) atoms. The summed E-state index contributed by atoms with van der Waals surface area (Å²) in [5.41, 5.74) is 0.826. The minimum absolute atomic E-state index is 0.491. The van der Waals surface area contributed by atoms with Crippen molar-refractivity contribution in [3.8, 4) is 0 Å². The van der Waals surface area contributed by atoms with E-state index in [1.807, 2.05) is 6.92 Å². The molecule has 1 aliphatic rings. The largest absolute Gasteiger partial charge is 0.387 e. The fraction of sp³-hybridized carbons (Fsp3) is 0.600. The molecular weight excluding hydrogens is 212 g/mol. The van der Waals surface area contributed by atoms with Crippen molar-refractivity contribution < 1.29 is 9.84 Å². The number of benzene rings is 1. The molecule has 1 N–H and O–H groups in total. The Morgan fingerprint density at radius 2 is 1.88 bits per heavy atom. The van der Waals surface area contributed by atoms with Crippen LogP contribution >= 0.6 is 0 Å². The molecule has 0 aliphatic heterocycles. The van der Waals surface area contributed by atoms with Crippen LogP contribution in [0.3, 0.4) is 0 Å². The average molecular weight is 234 g/mol. The van der Waals surface area contributed by atoms with E-state index in [0.29, 0.717) is 19.1 Å². The number of hydrogen-bond donors (Lipinski definition) is 1. The molecule has 0 atom stereocenters. The third-order valence-corrected chi connectivity index (χ3v) is 3.76. The second-order valence-corrected chi connectivity index (χ2v) is 5.05. The monoisotopic (exact) mass is 234 g/mol. The summed E-state index contributed by atoms with van der Waals surface area (Å²) in [6, 6.07) is 10.6. The third kappa shape index (κ3) is 3.30. The summed E-state index contributed by atoms with van der Waals surface area (Å²) in [4.78, 5) is 0. The van der Waals surface area contributed by atoms with Crippen LogP contribution in [0, 0.1) is 0 Å². The van der Waals surface area contributed by atoms with E-state index in [0.717, 1.165) is 25.7 Å². The molecule has 0 heterocycles. The predicted octanol–water partition coefficient (Wildman–Crippen LogP) is 3.11. The third-order valence-electron chi connectivity index (χ3n) is 3.76. The van der Waals surface area contributed by atoms with Crippen LogP contribution in [0.1, 0.15) is 44.1 Å². The first-order valence-corrected chi connectivity index (χ1v) is 6.58. The number of hydrogen-bond acceptors (Lipinski definition) is 2. The van der Waals surface area contributed by atoms with Gasteiger partial charge in [-0.25, -0.2) is 0 Å². The topological polar surface area (TPSA) is 29.5 Å². The van der Waals surface area contributed by atoms with Crippen molar-refractivity contribution in [2.24, 2.45) is 0 Å². The Labute approximate surface area is 104 Å². The molecule has 0 aromatic heterocycles. The first-order chi connectivity index (χ1) is 8.23. The Hall–Kier alpha value is -0.860. The van der Waals surface area contributed by atoms with Crippen LogP contribution in [0.2, 0.25) is 0 Å². The van der Waals surface area contributed by atoms with E-state index in [-0.39, 0.29) is 0 Å². The molecule has 2 heteroatoms. The Morgan fingerprint density at radius 1 is 1.24 bits per heavy atom. The van der Waals surface area contributed by atoms with E-state index >= 15 is 0 Å². The zero-order valence-electron chi connectivity index (χ0n) is 10.6. The van der Waals surface area contributed by atoms with Gasteiger partial charge < -0.3 is 9.84 Å². The van der Waals surface area contributed by atoms with Crippen LogP contribution in [0.25, 0.3) is 0 Å². The molecule has 1 aromatic carbocycles. The van der Waals surface area contributed by atoms with Gasteiger partial charge in [0.05, 0.1) is 12.2 Å². The summed E-state index contributed by atoms with van der Waals surface area (Å²) in [6.07, 6.45) is 3.83. The molecular formula is C15H22O2. The normalized spacial score (nSPS) is 29.2. The summed E-state index contributed by atoms with van der Waals surface area (Å²) in [6.45, 7) is 3.15. The number of rotatable bonds is 4. The average Bonchev–Trinajstić information content (AvgIpc) is 2.38. The lowest BCUT2D eigenvalue weighted by Crippen LogP contribution is -2.38. The van der Waals surface area contributed by atoms with Crippen LogP contribution in [0.4, 0.5) is 0 Å². The number of aliphatic hydroxyl groups is 1. The maximum Gasteiger partial charge on any atom is 0.0880 e. The van der Waals surface area contributed by atoms with Crippen molar-refractivity contribution in [1.82, 2.24) is 0 Å². The molecule has 0 amide bonds. The second-order valence-electron chi connectivity index (χ2n) is 5.05. The maximum atomic E-state index is 10.3. The van der Waals surface area contributed by atoms with Gasteiger partial charge in [0, 0.05) is 6.61 Å². The summed E-state index contributed by atoms with van der Waals surface area (Å²) in [5, 5.41) is 10.3. The molecule has 94 valence electrons. The van der Waals surface area contributed by atoms with Gasteiger partial charge in [-0.1, -0.05) is 30.3 Å². The van der Waals surface area contributed by atoms with Crippen LogP contribution in [0.5, 0.6) is 0 Å². The first kappa shape index (κ1) is 12.6. The molecule has 0 spiro atoms. The van der Waals surface area contributed by atoms with Crippen molar-refractivity contribution in [2.75, 3.05) is 13.2 Å². The minimum Gasteiger partial charge on any atom is -0.387 e. The highest BCUT2D eigenvalue weighted by Crippen LogP contribution is 2.37. The SMILES string of the molecule is CCOCC1(O)CCC(c2ccccc2)CC1. The molecule has 2 nitrogen and oxygen atoms in total. The fourth-order valence-corrected chi connectivity index (χ4v) is 2.65. The van der Waals surface area contributed by atoms with Gasteiger partial charge in [0.1, 0.15) is 0 Å². The lowest BCUT2D eigenvalue weighted by molar-refractivity contribution is -0.0686. The van der Waals surface area contributed by atoms with E-state index < -0.39 is 5.60 Å². The highest BCUT2D eigenvalue weighted by molar-refractivity contribution is 5.20. The van der Waals surface area contributed by atoms with Crippen molar-refractivity contribution in [3.05, 3.63) is 35.9 Å². The van der Waals surface area contributed by atoms with E-state index in [4.69, 9.17) is 4.74 Å². The standard InChI is InChI=1S/C15H22O2/c1-2-17-12-15(16)10-8-14(9-11-15)13-6-4-3-5-7-13/h3-7,14,16H,2,8-12H2,1H3. The van der Waals surface area contributed by atoms with Gasteiger partial charge in [0.2, 0.25) is 0 Å². The smallest absolute Gasteiger partial charge is 0.0880 e. The van der Waals surface area contributed by atoms with E-state index in [9.17, 15) is 5.11 Å². The maximum absolute atomic E-state index is 10.3. The molecule has 1 aromatic rings. The van der Waals surface area contributed by atoms with Gasteiger partial charge >= 0.3 is 0 Å². The van der Waals surface area contributed by atoms with Gasteiger partial charge in [0.25, 0.3) is 0 Å². The lowest BCUT2D eigenvalue weighted by Gasteiger charge is -2.35. The first-order valence-electron chi connectivity index (χ1n) is 6.58. The highest BCUT2D eigenvalue weighted by Gasteiger charge is 2.33. The van der Waals surface area contributed by atoms with Gasteiger partial charge in [-0.15, -0.1) is 0 Å². The lowest BCUT2D eigenvalue weighted by atomic mass is 9.76. The second kappa shape index (κ2) is 5.65. The van der Waals surface area contributed by atoms with Crippen LogP contribution in [-0.2, 0) is 4.74 Å². The molecule has 2 rings (SSSR count). The van der Waals surface area contributed by atoms with Gasteiger partial charge in [-0.3, -0.25) is 0 Å². The Kier molecular flexibility index (Phi) is 4.19. The Morgan fingerprint density at radius 3 is 2.47 bits per heavy atom. The van der Waals surface area contributed by atoms with Crippen molar-refractivity contribution in [1.29, 1.82) is 0 Å². The van der Waals surface area contributed by atoms with Gasteiger partial charge in [0.15, 0.2) is 0 Å². The van der Waals surface area contributed by atoms with Crippen LogP contribution in [0.15, 0.2) is 30.3 Å². The van der Waals surface area contributed by atoms with Crippen molar-refractivity contribution in [3.63, 3.8) is 0 Å².